The molecule has 0 atom stereocenters. The van der Waals surface area contributed by atoms with Gasteiger partial charge < -0.3 is 14.5 Å². The fraction of sp³-hybridized carbons (Fsp3) is 0.278. The van der Waals surface area contributed by atoms with Gasteiger partial charge in [-0.1, -0.05) is 41.4 Å². The zero-order valence-corrected chi connectivity index (χ0v) is 14.8. The molecule has 1 heterocycles. The molecule has 0 aliphatic carbocycles. The van der Waals surface area contributed by atoms with E-state index in [0.29, 0.717) is 28.7 Å². The van der Waals surface area contributed by atoms with Gasteiger partial charge in [-0.05, 0) is 24.3 Å². The Labute approximate surface area is 151 Å². The summed E-state index contributed by atoms with van der Waals surface area (Å²) in [7, 11) is 1.66. The van der Waals surface area contributed by atoms with E-state index in [1.165, 1.54) is 0 Å². The van der Waals surface area contributed by atoms with Crippen LogP contribution in [0.1, 0.15) is 10.4 Å². The van der Waals surface area contributed by atoms with Crippen LogP contribution in [0.15, 0.2) is 42.5 Å². The lowest BCUT2D eigenvalue weighted by molar-refractivity contribution is 0.0747. The predicted molar refractivity (Wildman–Crippen MR) is 97.6 cm³/mol. The van der Waals surface area contributed by atoms with Gasteiger partial charge in [0.15, 0.2) is 0 Å². The van der Waals surface area contributed by atoms with Crippen molar-refractivity contribution in [1.29, 1.82) is 0 Å². The molecular weight excluding hydrogens is 347 g/mol. The number of para-hydroxylation sites is 2. The quantitative estimate of drug-likeness (QED) is 0.825. The van der Waals surface area contributed by atoms with Gasteiger partial charge in [0, 0.05) is 26.2 Å². The smallest absolute Gasteiger partial charge is 0.257 e. The zero-order chi connectivity index (χ0) is 17.1. The molecule has 0 unspecified atom stereocenters. The summed E-state index contributed by atoms with van der Waals surface area (Å²) in [5.41, 5.74) is 1.43. The molecule has 0 radical (unpaired) electrons. The van der Waals surface area contributed by atoms with Crippen molar-refractivity contribution in [3.8, 4) is 5.75 Å². The van der Waals surface area contributed by atoms with Crippen LogP contribution in [0.3, 0.4) is 0 Å². The van der Waals surface area contributed by atoms with Crippen LogP contribution < -0.4 is 9.64 Å². The van der Waals surface area contributed by atoms with Crippen LogP contribution >= 0.6 is 23.2 Å². The lowest BCUT2D eigenvalue weighted by atomic mass is 10.1. The Hall–Kier alpha value is -1.91. The van der Waals surface area contributed by atoms with E-state index < -0.39 is 0 Å². The number of ether oxygens (including phenoxy) is 1. The minimum Gasteiger partial charge on any atom is -0.495 e. The number of rotatable bonds is 3. The highest BCUT2D eigenvalue weighted by Crippen LogP contribution is 2.30. The van der Waals surface area contributed by atoms with Gasteiger partial charge in [0.25, 0.3) is 5.91 Å². The van der Waals surface area contributed by atoms with E-state index in [2.05, 4.69) is 4.90 Å². The fourth-order valence-electron chi connectivity index (χ4n) is 2.90. The summed E-state index contributed by atoms with van der Waals surface area (Å²) in [6, 6.07) is 13.0. The number of amides is 1. The molecule has 1 amide bonds. The Balaban J connectivity index is 1.72. The SMILES string of the molecule is COc1ccccc1N1CCN(C(=O)c2c(Cl)cccc2Cl)CC1. The van der Waals surface area contributed by atoms with Crippen molar-refractivity contribution in [2.75, 3.05) is 38.2 Å². The molecule has 24 heavy (non-hydrogen) atoms. The molecule has 1 aliphatic heterocycles. The Bertz CT molecular complexity index is 723. The number of hydrogen-bond donors (Lipinski definition) is 0. The van der Waals surface area contributed by atoms with Gasteiger partial charge >= 0.3 is 0 Å². The molecule has 0 bridgehead atoms. The summed E-state index contributed by atoms with van der Waals surface area (Å²) in [4.78, 5) is 16.7. The number of halogens is 2. The fourth-order valence-corrected chi connectivity index (χ4v) is 3.46. The summed E-state index contributed by atoms with van der Waals surface area (Å²) >= 11 is 12.3. The molecule has 1 fully saturated rings. The van der Waals surface area contributed by atoms with Crippen molar-refractivity contribution in [2.45, 2.75) is 0 Å². The Morgan fingerprint density at radius 3 is 2.21 bits per heavy atom. The summed E-state index contributed by atoms with van der Waals surface area (Å²) in [6.07, 6.45) is 0. The van der Waals surface area contributed by atoms with Crippen molar-refractivity contribution in [1.82, 2.24) is 4.90 Å². The van der Waals surface area contributed by atoms with Crippen LogP contribution in [0.25, 0.3) is 0 Å². The molecule has 126 valence electrons. The van der Waals surface area contributed by atoms with Gasteiger partial charge in [-0.2, -0.15) is 0 Å². The van der Waals surface area contributed by atoms with E-state index in [0.717, 1.165) is 24.5 Å². The summed E-state index contributed by atoms with van der Waals surface area (Å²) in [6.45, 7) is 2.68. The number of carbonyl (C=O) groups excluding carboxylic acids is 1. The van der Waals surface area contributed by atoms with E-state index in [1.807, 2.05) is 24.3 Å². The highest BCUT2D eigenvalue weighted by Gasteiger charge is 2.26. The molecular formula is C18H18Cl2N2O2. The van der Waals surface area contributed by atoms with Crippen molar-refractivity contribution in [3.63, 3.8) is 0 Å². The predicted octanol–water partition coefficient (Wildman–Crippen LogP) is 3.96. The number of carbonyl (C=O) groups is 1. The van der Waals surface area contributed by atoms with E-state index in [-0.39, 0.29) is 5.91 Å². The van der Waals surface area contributed by atoms with Gasteiger partial charge in [0.05, 0.1) is 28.4 Å². The van der Waals surface area contributed by atoms with E-state index in [1.54, 1.807) is 30.2 Å². The average molecular weight is 365 g/mol. The van der Waals surface area contributed by atoms with Crippen LogP contribution in [0, 0.1) is 0 Å². The van der Waals surface area contributed by atoms with Crippen LogP contribution in [0.2, 0.25) is 10.0 Å². The Kier molecular flexibility index (Phi) is 5.17. The third kappa shape index (κ3) is 3.30. The third-order valence-corrected chi connectivity index (χ3v) is 4.80. The monoisotopic (exact) mass is 364 g/mol. The van der Waals surface area contributed by atoms with Crippen LogP contribution in [-0.4, -0.2) is 44.1 Å². The molecule has 0 saturated carbocycles. The van der Waals surface area contributed by atoms with Crippen molar-refractivity contribution in [2.24, 2.45) is 0 Å². The maximum absolute atomic E-state index is 12.7. The summed E-state index contributed by atoms with van der Waals surface area (Å²) in [5, 5.41) is 0.777. The largest absolute Gasteiger partial charge is 0.495 e. The number of anilines is 1. The first kappa shape index (κ1) is 16.9. The Morgan fingerprint density at radius 1 is 0.958 bits per heavy atom. The normalized spacial score (nSPS) is 14.6. The molecule has 6 heteroatoms. The maximum Gasteiger partial charge on any atom is 0.257 e. The highest BCUT2D eigenvalue weighted by atomic mass is 35.5. The highest BCUT2D eigenvalue weighted by molar-refractivity contribution is 6.39. The number of methoxy groups -OCH3 is 1. The van der Waals surface area contributed by atoms with Gasteiger partial charge in [0.1, 0.15) is 5.75 Å². The molecule has 4 nitrogen and oxygen atoms in total. The van der Waals surface area contributed by atoms with Gasteiger partial charge in [-0.25, -0.2) is 0 Å². The van der Waals surface area contributed by atoms with Gasteiger partial charge in [0.2, 0.25) is 0 Å². The number of hydrogen-bond acceptors (Lipinski definition) is 3. The molecule has 2 aromatic carbocycles. The Morgan fingerprint density at radius 2 is 1.58 bits per heavy atom. The minimum atomic E-state index is -0.120. The minimum absolute atomic E-state index is 0.120. The van der Waals surface area contributed by atoms with Gasteiger partial charge in [-0.3, -0.25) is 4.79 Å². The number of piperazine rings is 1. The first-order valence-electron chi connectivity index (χ1n) is 7.73. The summed E-state index contributed by atoms with van der Waals surface area (Å²) in [5.74, 6) is 0.719. The molecule has 0 aromatic heterocycles. The molecule has 1 saturated heterocycles. The van der Waals surface area contributed by atoms with Crippen LogP contribution in [0.5, 0.6) is 5.75 Å². The summed E-state index contributed by atoms with van der Waals surface area (Å²) < 4.78 is 5.42. The van der Waals surface area contributed by atoms with Gasteiger partial charge in [-0.15, -0.1) is 0 Å². The van der Waals surface area contributed by atoms with Crippen molar-refractivity contribution in [3.05, 3.63) is 58.1 Å². The first-order chi connectivity index (χ1) is 11.6. The second kappa shape index (κ2) is 7.32. The number of nitrogens with zero attached hydrogens (tertiary/aromatic N) is 2. The van der Waals surface area contributed by atoms with Crippen molar-refractivity contribution < 1.29 is 9.53 Å². The molecule has 0 N–H and O–H groups in total. The van der Waals surface area contributed by atoms with E-state index in [9.17, 15) is 4.79 Å². The lowest BCUT2D eigenvalue weighted by Crippen LogP contribution is -2.49. The van der Waals surface area contributed by atoms with Crippen LogP contribution in [-0.2, 0) is 0 Å². The molecule has 3 rings (SSSR count). The van der Waals surface area contributed by atoms with E-state index >= 15 is 0 Å². The number of benzene rings is 2. The lowest BCUT2D eigenvalue weighted by Gasteiger charge is -2.36. The topological polar surface area (TPSA) is 32.8 Å². The van der Waals surface area contributed by atoms with E-state index in [4.69, 9.17) is 27.9 Å². The molecule has 0 spiro atoms. The average Bonchev–Trinajstić information content (AvgIpc) is 2.61. The second-order valence-corrected chi connectivity index (χ2v) is 6.36. The standard InChI is InChI=1S/C18H18Cl2N2O2/c1-24-16-8-3-2-7-15(16)21-9-11-22(12-10-21)18(23)17-13(19)5-4-6-14(17)20/h2-8H,9-12H2,1H3. The molecule has 2 aromatic rings. The van der Waals surface area contributed by atoms with Crippen molar-refractivity contribution >= 4 is 34.8 Å². The molecule has 1 aliphatic rings. The first-order valence-corrected chi connectivity index (χ1v) is 8.48. The third-order valence-electron chi connectivity index (χ3n) is 4.17. The zero-order valence-electron chi connectivity index (χ0n) is 13.3. The maximum atomic E-state index is 12.7. The van der Waals surface area contributed by atoms with Crippen LogP contribution in [0.4, 0.5) is 5.69 Å². The second-order valence-electron chi connectivity index (χ2n) is 5.55.